The maximum absolute atomic E-state index is 12.0. The maximum Gasteiger partial charge on any atom is 0.310 e. The topological polar surface area (TPSA) is 46.6 Å². The Hall–Kier alpha value is -1.26. The minimum Gasteiger partial charge on any atom is -0.455 e. The number of rotatable bonds is 4. The van der Waals surface area contributed by atoms with Crippen LogP contribution in [0.15, 0.2) is 18.2 Å². The van der Waals surface area contributed by atoms with E-state index < -0.39 is 5.97 Å². The lowest BCUT2D eigenvalue weighted by Gasteiger charge is -2.30. The molecule has 0 N–H and O–H groups in total. The van der Waals surface area contributed by atoms with Gasteiger partial charge in [0.25, 0.3) is 5.91 Å². The summed E-state index contributed by atoms with van der Waals surface area (Å²) in [7, 11) is 0. The van der Waals surface area contributed by atoms with E-state index in [9.17, 15) is 9.59 Å². The van der Waals surface area contributed by atoms with Gasteiger partial charge in [0.1, 0.15) is 0 Å². The van der Waals surface area contributed by atoms with E-state index in [2.05, 4.69) is 6.92 Å². The lowest BCUT2D eigenvalue weighted by Crippen LogP contribution is -2.40. The largest absolute Gasteiger partial charge is 0.455 e. The second-order valence-corrected chi connectivity index (χ2v) is 6.42. The van der Waals surface area contributed by atoms with Gasteiger partial charge in [0.05, 0.1) is 6.42 Å². The highest BCUT2D eigenvalue weighted by Gasteiger charge is 2.21. The van der Waals surface area contributed by atoms with Gasteiger partial charge in [0.15, 0.2) is 6.61 Å². The average molecular weight is 344 g/mol. The Kier molecular flexibility index (Phi) is 6.09. The molecule has 6 heteroatoms. The van der Waals surface area contributed by atoms with Crippen molar-refractivity contribution in [1.82, 2.24) is 4.90 Å². The summed E-state index contributed by atoms with van der Waals surface area (Å²) in [4.78, 5) is 25.6. The number of ether oxygens (including phenoxy) is 1. The van der Waals surface area contributed by atoms with Crippen LogP contribution in [0.25, 0.3) is 0 Å². The third-order valence-corrected chi connectivity index (χ3v) is 4.58. The Balaban J connectivity index is 1.81. The van der Waals surface area contributed by atoms with Crippen molar-refractivity contribution in [3.63, 3.8) is 0 Å². The summed E-state index contributed by atoms with van der Waals surface area (Å²) in [6, 6.07) is 5.03. The highest BCUT2D eigenvalue weighted by molar-refractivity contribution is 6.36. The summed E-state index contributed by atoms with van der Waals surface area (Å²) in [6.45, 7) is 3.41. The fraction of sp³-hybridized carbons (Fsp3) is 0.500. The van der Waals surface area contributed by atoms with Crippen LogP contribution < -0.4 is 0 Å². The average Bonchev–Trinajstić information content (AvgIpc) is 2.49. The molecule has 4 nitrogen and oxygen atoms in total. The Morgan fingerprint density at radius 1 is 1.23 bits per heavy atom. The van der Waals surface area contributed by atoms with Crippen molar-refractivity contribution < 1.29 is 14.3 Å². The second kappa shape index (κ2) is 7.84. The van der Waals surface area contributed by atoms with Gasteiger partial charge in [-0.1, -0.05) is 36.2 Å². The van der Waals surface area contributed by atoms with Crippen molar-refractivity contribution in [2.45, 2.75) is 26.2 Å². The normalized spacial score (nSPS) is 15.7. The van der Waals surface area contributed by atoms with Gasteiger partial charge < -0.3 is 9.64 Å². The summed E-state index contributed by atoms with van der Waals surface area (Å²) < 4.78 is 5.05. The molecule has 1 aromatic rings. The minimum atomic E-state index is -0.506. The molecule has 0 saturated carbocycles. The molecular weight excluding hydrogens is 325 g/mol. The van der Waals surface area contributed by atoms with E-state index in [1.807, 2.05) is 0 Å². The molecule has 0 spiro atoms. The zero-order valence-corrected chi connectivity index (χ0v) is 14.0. The first-order valence-corrected chi connectivity index (χ1v) is 8.09. The zero-order chi connectivity index (χ0) is 16.1. The molecule has 1 aromatic carbocycles. The number of carbonyl (C=O) groups is 2. The highest BCUT2D eigenvalue weighted by Crippen LogP contribution is 2.25. The summed E-state index contributed by atoms with van der Waals surface area (Å²) in [5.41, 5.74) is 0.523. The molecule has 1 fully saturated rings. The van der Waals surface area contributed by atoms with Crippen LogP contribution in [0.3, 0.4) is 0 Å². The van der Waals surface area contributed by atoms with Crippen molar-refractivity contribution in [3.05, 3.63) is 33.8 Å². The fourth-order valence-electron chi connectivity index (χ4n) is 2.39. The van der Waals surface area contributed by atoms with Gasteiger partial charge in [0, 0.05) is 28.7 Å². The number of amides is 1. The SMILES string of the molecule is CC1CCN(C(=O)COC(=O)Cc2c(Cl)cccc2Cl)CC1. The third-order valence-electron chi connectivity index (χ3n) is 3.88. The number of benzene rings is 1. The van der Waals surface area contributed by atoms with Crippen LogP contribution in [0.2, 0.25) is 10.0 Å². The van der Waals surface area contributed by atoms with E-state index in [-0.39, 0.29) is 18.9 Å². The maximum atomic E-state index is 12.0. The first-order chi connectivity index (χ1) is 10.5. The van der Waals surface area contributed by atoms with Crippen LogP contribution >= 0.6 is 23.2 Å². The summed E-state index contributed by atoms with van der Waals surface area (Å²) in [6.07, 6.45) is 1.95. The molecule has 1 saturated heterocycles. The molecule has 1 amide bonds. The van der Waals surface area contributed by atoms with Crippen molar-refractivity contribution in [2.75, 3.05) is 19.7 Å². The Morgan fingerprint density at radius 2 is 1.82 bits per heavy atom. The smallest absolute Gasteiger partial charge is 0.310 e. The van der Waals surface area contributed by atoms with E-state index in [0.29, 0.717) is 21.5 Å². The minimum absolute atomic E-state index is 0.0389. The third kappa shape index (κ3) is 4.62. The molecule has 22 heavy (non-hydrogen) atoms. The fourth-order valence-corrected chi connectivity index (χ4v) is 2.92. The van der Waals surface area contributed by atoms with Gasteiger partial charge in [-0.3, -0.25) is 9.59 Å². The molecule has 2 rings (SSSR count). The van der Waals surface area contributed by atoms with E-state index >= 15 is 0 Å². The van der Waals surface area contributed by atoms with Crippen LogP contribution in [-0.4, -0.2) is 36.5 Å². The molecular formula is C16H19Cl2NO3. The number of esters is 1. The van der Waals surface area contributed by atoms with Gasteiger partial charge in [-0.2, -0.15) is 0 Å². The van der Waals surface area contributed by atoms with Crippen molar-refractivity contribution >= 4 is 35.1 Å². The van der Waals surface area contributed by atoms with Gasteiger partial charge in [0.2, 0.25) is 0 Å². The number of hydrogen-bond donors (Lipinski definition) is 0. The van der Waals surface area contributed by atoms with Crippen LogP contribution in [0.5, 0.6) is 0 Å². The summed E-state index contributed by atoms with van der Waals surface area (Å²) in [5, 5.41) is 0.835. The lowest BCUT2D eigenvalue weighted by atomic mass is 9.99. The van der Waals surface area contributed by atoms with Gasteiger partial charge in [-0.05, 0) is 30.9 Å². The van der Waals surface area contributed by atoms with Crippen LogP contribution in [-0.2, 0) is 20.7 Å². The van der Waals surface area contributed by atoms with E-state index in [4.69, 9.17) is 27.9 Å². The molecule has 1 aliphatic rings. The summed E-state index contributed by atoms with van der Waals surface area (Å²) in [5.74, 6) is -0.00630. The number of likely N-dealkylation sites (tertiary alicyclic amines) is 1. The standard InChI is InChI=1S/C16H19Cl2NO3/c1-11-5-7-19(8-6-11)15(20)10-22-16(21)9-12-13(17)3-2-4-14(12)18/h2-4,11H,5-10H2,1H3. The molecule has 120 valence electrons. The zero-order valence-electron chi connectivity index (χ0n) is 12.5. The first kappa shape index (κ1) is 17.1. The number of halogens is 2. The second-order valence-electron chi connectivity index (χ2n) is 5.60. The van der Waals surface area contributed by atoms with E-state index in [1.165, 1.54) is 0 Å². The van der Waals surface area contributed by atoms with E-state index in [1.54, 1.807) is 23.1 Å². The van der Waals surface area contributed by atoms with Crippen LogP contribution in [0.4, 0.5) is 0 Å². The van der Waals surface area contributed by atoms with Crippen molar-refractivity contribution in [2.24, 2.45) is 5.92 Å². The molecule has 1 aliphatic heterocycles. The van der Waals surface area contributed by atoms with Crippen LogP contribution in [0.1, 0.15) is 25.3 Å². The molecule has 0 bridgehead atoms. The van der Waals surface area contributed by atoms with Gasteiger partial charge in [-0.15, -0.1) is 0 Å². The molecule has 0 unspecified atom stereocenters. The van der Waals surface area contributed by atoms with Crippen LogP contribution in [0, 0.1) is 5.92 Å². The molecule has 0 aliphatic carbocycles. The predicted molar refractivity (Wildman–Crippen MR) is 86.1 cm³/mol. The summed E-state index contributed by atoms with van der Waals surface area (Å²) >= 11 is 12.0. The van der Waals surface area contributed by atoms with Gasteiger partial charge in [-0.25, -0.2) is 0 Å². The number of carbonyl (C=O) groups excluding carboxylic acids is 2. The first-order valence-electron chi connectivity index (χ1n) is 7.33. The Morgan fingerprint density at radius 3 is 2.41 bits per heavy atom. The molecule has 0 atom stereocenters. The van der Waals surface area contributed by atoms with Gasteiger partial charge >= 0.3 is 5.97 Å². The predicted octanol–water partition coefficient (Wildman–Crippen LogP) is 3.34. The van der Waals surface area contributed by atoms with E-state index in [0.717, 1.165) is 25.9 Å². The Labute approximate surface area is 140 Å². The molecule has 0 radical (unpaired) electrons. The Bertz CT molecular complexity index is 534. The number of nitrogens with zero attached hydrogens (tertiary/aromatic N) is 1. The quantitative estimate of drug-likeness (QED) is 0.787. The number of hydrogen-bond acceptors (Lipinski definition) is 3. The highest BCUT2D eigenvalue weighted by atomic mass is 35.5. The molecule has 0 aromatic heterocycles. The number of piperidine rings is 1. The lowest BCUT2D eigenvalue weighted by molar-refractivity contribution is -0.152. The monoisotopic (exact) mass is 343 g/mol. The van der Waals surface area contributed by atoms with Crippen molar-refractivity contribution in [3.8, 4) is 0 Å². The molecule has 1 heterocycles. The van der Waals surface area contributed by atoms with Crippen molar-refractivity contribution in [1.29, 1.82) is 0 Å².